The van der Waals surface area contributed by atoms with E-state index in [4.69, 9.17) is 11.5 Å². The van der Waals surface area contributed by atoms with E-state index in [1.54, 1.807) is 0 Å². The Kier molecular flexibility index (Phi) is 5.86. The highest BCUT2D eigenvalue weighted by Crippen LogP contribution is 2.43. The standard InChI is InChI=1S/C17H15FN8O5S2/c18-6-3-5(4-21-12(6)19)32-8-2-1-7-9(15(28)26(7)11(8)16(29)30)22-14(27)10(24-31)13-23-17(20)33-25-13/h3-4,7,9,31H,1-2H2,(H2,19,21)(H,22,27)(H,29,30)(H2,20,23,25)/b24-10-/t7-,9+/m1/s1. The number of carboxylic acid groups (broad SMARTS) is 1. The van der Waals surface area contributed by atoms with Gasteiger partial charge in [-0.2, -0.15) is 9.36 Å². The molecule has 0 spiro atoms. The van der Waals surface area contributed by atoms with Crippen molar-refractivity contribution in [1.29, 1.82) is 0 Å². The molecule has 0 saturated carbocycles. The van der Waals surface area contributed by atoms with E-state index in [1.165, 1.54) is 6.20 Å². The molecule has 2 aliphatic rings. The molecule has 2 aliphatic heterocycles. The fourth-order valence-electron chi connectivity index (χ4n) is 3.49. The Morgan fingerprint density at radius 3 is 2.76 bits per heavy atom. The molecule has 2 aromatic rings. The van der Waals surface area contributed by atoms with Crippen LogP contribution >= 0.6 is 23.3 Å². The quantitative estimate of drug-likeness (QED) is 0.156. The number of carbonyl (C=O) groups is 3. The molecular weight excluding hydrogens is 479 g/mol. The molecule has 7 N–H and O–H groups in total. The van der Waals surface area contributed by atoms with Gasteiger partial charge < -0.3 is 27.1 Å². The maximum absolute atomic E-state index is 13.7. The van der Waals surface area contributed by atoms with Gasteiger partial charge in [-0.1, -0.05) is 16.9 Å². The predicted molar refractivity (Wildman–Crippen MR) is 114 cm³/mol. The van der Waals surface area contributed by atoms with Gasteiger partial charge in [0.05, 0.1) is 6.04 Å². The Balaban J connectivity index is 1.53. The van der Waals surface area contributed by atoms with Crippen molar-refractivity contribution < 1.29 is 29.1 Å². The normalized spacial score (nSPS) is 20.3. The summed E-state index contributed by atoms with van der Waals surface area (Å²) < 4.78 is 17.5. The summed E-state index contributed by atoms with van der Waals surface area (Å²) in [5, 5.41) is 24.3. The van der Waals surface area contributed by atoms with Crippen LogP contribution in [0.3, 0.4) is 0 Å². The van der Waals surface area contributed by atoms with E-state index in [2.05, 4.69) is 24.8 Å². The van der Waals surface area contributed by atoms with Crippen molar-refractivity contribution in [2.24, 2.45) is 5.16 Å². The number of aromatic nitrogens is 3. The van der Waals surface area contributed by atoms with E-state index in [0.717, 1.165) is 34.3 Å². The first kappa shape index (κ1) is 22.4. The van der Waals surface area contributed by atoms with Crippen molar-refractivity contribution >= 4 is 57.7 Å². The number of amides is 2. The fraction of sp³-hybridized carbons (Fsp3) is 0.235. The van der Waals surface area contributed by atoms with Gasteiger partial charge in [-0.05, 0) is 18.9 Å². The largest absolute Gasteiger partial charge is 0.477 e. The molecule has 0 unspecified atom stereocenters. The lowest BCUT2D eigenvalue weighted by Gasteiger charge is -2.50. The molecule has 0 radical (unpaired) electrons. The molecule has 0 aromatic carbocycles. The van der Waals surface area contributed by atoms with Gasteiger partial charge in [-0.15, -0.1) is 0 Å². The maximum atomic E-state index is 13.7. The summed E-state index contributed by atoms with van der Waals surface area (Å²) in [6.45, 7) is 0. The van der Waals surface area contributed by atoms with Gasteiger partial charge in [-0.3, -0.25) is 14.5 Å². The Bertz CT molecular complexity index is 1230. The number of oxime groups is 1. The Morgan fingerprint density at radius 2 is 2.15 bits per heavy atom. The lowest BCUT2D eigenvalue weighted by Crippen LogP contribution is -2.72. The van der Waals surface area contributed by atoms with Gasteiger partial charge in [0.15, 0.2) is 16.8 Å². The average Bonchev–Trinajstić information content (AvgIpc) is 3.20. The molecule has 172 valence electrons. The Labute approximate surface area is 192 Å². The topological polar surface area (TPSA) is 210 Å². The summed E-state index contributed by atoms with van der Waals surface area (Å²) in [6.07, 6.45) is 1.88. The lowest BCUT2D eigenvalue weighted by atomic mass is 9.86. The van der Waals surface area contributed by atoms with Crippen LogP contribution in [0.5, 0.6) is 0 Å². The Hall–Kier alpha value is -3.79. The van der Waals surface area contributed by atoms with Crippen LogP contribution < -0.4 is 16.8 Å². The van der Waals surface area contributed by atoms with Gasteiger partial charge in [0.2, 0.25) is 11.5 Å². The number of nitrogens with two attached hydrogens (primary N) is 2. The second-order valence-electron chi connectivity index (χ2n) is 6.89. The van der Waals surface area contributed by atoms with Crippen molar-refractivity contribution in [3.8, 4) is 0 Å². The molecule has 0 aliphatic carbocycles. The second kappa shape index (κ2) is 8.62. The van der Waals surface area contributed by atoms with Gasteiger partial charge >= 0.3 is 5.97 Å². The summed E-state index contributed by atoms with van der Waals surface area (Å²) in [7, 11) is 0. The van der Waals surface area contributed by atoms with Crippen LogP contribution in [0, 0.1) is 5.82 Å². The van der Waals surface area contributed by atoms with E-state index in [0.29, 0.717) is 16.2 Å². The van der Waals surface area contributed by atoms with Gasteiger partial charge in [0.25, 0.3) is 11.8 Å². The minimum atomic E-state index is -1.34. The van der Waals surface area contributed by atoms with Crippen LogP contribution in [0.1, 0.15) is 18.7 Å². The van der Waals surface area contributed by atoms with E-state index >= 15 is 0 Å². The van der Waals surface area contributed by atoms with Crippen LogP contribution in [0.25, 0.3) is 0 Å². The van der Waals surface area contributed by atoms with Gasteiger partial charge in [0.1, 0.15) is 11.7 Å². The average molecular weight is 494 g/mol. The number of nitrogens with one attached hydrogen (secondary N) is 1. The highest BCUT2D eigenvalue weighted by molar-refractivity contribution is 8.03. The number of thioether (sulfide) groups is 1. The van der Waals surface area contributed by atoms with Crippen LogP contribution in [-0.4, -0.2) is 65.1 Å². The third kappa shape index (κ3) is 4.05. The van der Waals surface area contributed by atoms with E-state index in [1.807, 2.05) is 0 Å². The first-order chi connectivity index (χ1) is 15.7. The van der Waals surface area contributed by atoms with Crippen LogP contribution in [0.15, 0.2) is 32.9 Å². The molecule has 13 nitrogen and oxygen atoms in total. The van der Waals surface area contributed by atoms with Crippen molar-refractivity contribution in [2.75, 3.05) is 11.5 Å². The summed E-state index contributed by atoms with van der Waals surface area (Å²) in [4.78, 5) is 46.4. The minimum Gasteiger partial charge on any atom is -0.477 e. The molecule has 2 atom stereocenters. The molecule has 1 saturated heterocycles. The molecule has 4 rings (SSSR count). The third-order valence-electron chi connectivity index (χ3n) is 4.94. The molecule has 16 heteroatoms. The Morgan fingerprint density at radius 1 is 1.39 bits per heavy atom. The number of fused-ring (bicyclic) bond motifs is 1. The van der Waals surface area contributed by atoms with Crippen molar-refractivity contribution in [1.82, 2.24) is 24.6 Å². The number of halogens is 1. The number of nitrogen functional groups attached to an aromatic ring is 2. The van der Waals surface area contributed by atoms with E-state index in [-0.39, 0.29) is 28.9 Å². The number of hydrogen-bond acceptors (Lipinski definition) is 12. The fourth-order valence-corrected chi connectivity index (χ4v) is 4.98. The molecule has 2 aromatic heterocycles. The summed E-state index contributed by atoms with van der Waals surface area (Å²) in [5.41, 5.74) is 10.0. The number of β-lactam (4-membered cyclic amide) rings is 1. The second-order valence-corrected chi connectivity index (χ2v) is 8.84. The predicted octanol–water partition coefficient (Wildman–Crippen LogP) is -0.00720. The smallest absolute Gasteiger partial charge is 0.353 e. The number of anilines is 2. The van der Waals surface area contributed by atoms with Crippen molar-refractivity contribution in [3.05, 3.63) is 34.5 Å². The zero-order chi connectivity index (χ0) is 23.9. The highest BCUT2D eigenvalue weighted by atomic mass is 32.2. The summed E-state index contributed by atoms with van der Waals surface area (Å²) in [6, 6.07) is -0.546. The maximum Gasteiger partial charge on any atom is 0.353 e. The summed E-state index contributed by atoms with van der Waals surface area (Å²) in [5.74, 6) is -4.16. The molecule has 33 heavy (non-hydrogen) atoms. The molecule has 1 fully saturated rings. The molecule has 2 amide bonds. The zero-order valence-corrected chi connectivity index (χ0v) is 18.1. The number of rotatable bonds is 6. The van der Waals surface area contributed by atoms with Gasteiger partial charge in [0, 0.05) is 27.5 Å². The SMILES string of the molecule is Nc1nc(/C(=N/O)C(=O)N[C@@H]2C(=O)N3C(C(=O)O)=C(Sc4cnc(N)c(F)c4)CC[C@H]23)ns1. The van der Waals surface area contributed by atoms with Crippen LogP contribution in [-0.2, 0) is 14.4 Å². The number of hydrogen-bond donors (Lipinski definition) is 5. The number of nitrogens with zero attached hydrogens (tertiary/aromatic N) is 5. The van der Waals surface area contributed by atoms with Crippen LogP contribution in [0.4, 0.5) is 15.3 Å². The minimum absolute atomic E-state index is 0.0505. The highest BCUT2D eigenvalue weighted by Gasteiger charge is 2.53. The number of aliphatic carboxylic acids is 1. The zero-order valence-electron chi connectivity index (χ0n) is 16.4. The molecule has 4 heterocycles. The van der Waals surface area contributed by atoms with Crippen molar-refractivity contribution in [2.45, 2.75) is 29.8 Å². The third-order valence-corrected chi connectivity index (χ3v) is 6.58. The number of carboxylic acids is 1. The van der Waals surface area contributed by atoms with E-state index < -0.39 is 41.4 Å². The molecular formula is C17H15FN8O5S2. The summed E-state index contributed by atoms with van der Waals surface area (Å²) >= 11 is 1.76. The first-order valence-corrected chi connectivity index (χ1v) is 10.8. The van der Waals surface area contributed by atoms with Crippen LogP contribution in [0.2, 0.25) is 0 Å². The number of pyridine rings is 1. The monoisotopic (exact) mass is 494 g/mol. The first-order valence-electron chi connectivity index (χ1n) is 9.22. The van der Waals surface area contributed by atoms with Crippen molar-refractivity contribution in [3.63, 3.8) is 0 Å². The number of allylic oxidation sites excluding steroid dienone is 1. The molecule has 0 bridgehead atoms. The number of carbonyl (C=O) groups excluding carboxylic acids is 2. The van der Waals surface area contributed by atoms with E-state index in [9.17, 15) is 29.1 Å². The lowest BCUT2D eigenvalue weighted by molar-refractivity contribution is -0.155. The van der Waals surface area contributed by atoms with Gasteiger partial charge in [-0.25, -0.2) is 14.2 Å².